The summed E-state index contributed by atoms with van der Waals surface area (Å²) in [4.78, 5) is 14.3. The Kier molecular flexibility index (Phi) is 8.86. The smallest absolute Gasteiger partial charge is 0.220 e. The average Bonchev–Trinajstić information content (AvgIpc) is 2.50. The van der Waals surface area contributed by atoms with E-state index in [1.54, 1.807) is 0 Å². The molecule has 1 unspecified atom stereocenters. The van der Waals surface area contributed by atoms with Crippen molar-refractivity contribution in [2.75, 3.05) is 32.8 Å². The zero-order valence-corrected chi connectivity index (χ0v) is 13.5. The lowest BCUT2D eigenvalue weighted by atomic mass is 9.92. The van der Waals surface area contributed by atoms with Crippen molar-refractivity contribution in [1.82, 2.24) is 10.2 Å². The van der Waals surface area contributed by atoms with E-state index in [2.05, 4.69) is 31.0 Å². The Morgan fingerprint density at radius 3 is 2.40 bits per heavy atom. The predicted molar refractivity (Wildman–Crippen MR) is 82.8 cm³/mol. The molecule has 1 saturated heterocycles. The van der Waals surface area contributed by atoms with Gasteiger partial charge < -0.3 is 10.1 Å². The molecule has 20 heavy (non-hydrogen) atoms. The first-order chi connectivity index (χ1) is 9.72. The quantitative estimate of drug-likeness (QED) is 0.707. The van der Waals surface area contributed by atoms with Crippen LogP contribution in [0.1, 0.15) is 52.9 Å². The summed E-state index contributed by atoms with van der Waals surface area (Å²) in [5.74, 6) is 0.857. The van der Waals surface area contributed by atoms with E-state index in [4.69, 9.17) is 4.74 Å². The molecule has 4 heteroatoms. The summed E-state index contributed by atoms with van der Waals surface area (Å²) >= 11 is 0. The van der Waals surface area contributed by atoms with Gasteiger partial charge in [0.1, 0.15) is 0 Å². The molecule has 0 aromatic carbocycles. The Balaban J connectivity index is 2.50. The maximum atomic E-state index is 11.8. The van der Waals surface area contributed by atoms with Crippen LogP contribution in [0.15, 0.2) is 0 Å². The van der Waals surface area contributed by atoms with Crippen molar-refractivity contribution in [3.8, 4) is 0 Å². The lowest BCUT2D eigenvalue weighted by Gasteiger charge is -2.38. The van der Waals surface area contributed by atoms with Crippen LogP contribution in [-0.2, 0) is 9.53 Å². The van der Waals surface area contributed by atoms with Gasteiger partial charge in [-0.05, 0) is 12.3 Å². The molecule has 0 bridgehead atoms. The summed E-state index contributed by atoms with van der Waals surface area (Å²) in [6.07, 6.45) is 5.06. The number of nitrogens with one attached hydrogen (secondary N) is 1. The molecule has 1 fully saturated rings. The summed E-state index contributed by atoms with van der Waals surface area (Å²) in [5.41, 5.74) is 0. The molecule has 0 aliphatic carbocycles. The molecule has 118 valence electrons. The molecule has 1 heterocycles. The van der Waals surface area contributed by atoms with Crippen molar-refractivity contribution in [3.05, 3.63) is 0 Å². The van der Waals surface area contributed by atoms with Crippen molar-refractivity contribution < 1.29 is 9.53 Å². The van der Waals surface area contributed by atoms with E-state index in [1.165, 1.54) is 12.8 Å². The SMILES string of the molecule is CCCCC(=O)NCC(C(CC)CC)N1CCOCC1. The highest BCUT2D eigenvalue weighted by atomic mass is 16.5. The van der Waals surface area contributed by atoms with Crippen LogP contribution in [0.3, 0.4) is 0 Å². The topological polar surface area (TPSA) is 41.6 Å². The fourth-order valence-corrected chi connectivity index (χ4v) is 2.98. The van der Waals surface area contributed by atoms with E-state index < -0.39 is 0 Å². The highest BCUT2D eigenvalue weighted by molar-refractivity contribution is 5.75. The van der Waals surface area contributed by atoms with E-state index >= 15 is 0 Å². The molecule has 0 aromatic rings. The first-order valence-corrected chi connectivity index (χ1v) is 8.31. The molecule has 4 nitrogen and oxygen atoms in total. The number of carbonyl (C=O) groups is 1. The van der Waals surface area contributed by atoms with Gasteiger partial charge in [-0.1, -0.05) is 40.0 Å². The molecule has 0 aromatic heterocycles. The highest BCUT2D eigenvalue weighted by Crippen LogP contribution is 2.19. The second-order valence-electron chi connectivity index (χ2n) is 5.70. The third-order valence-electron chi connectivity index (χ3n) is 4.37. The zero-order chi connectivity index (χ0) is 14.8. The lowest BCUT2D eigenvalue weighted by molar-refractivity contribution is -0.121. The van der Waals surface area contributed by atoms with Gasteiger partial charge in [0.2, 0.25) is 5.91 Å². The summed E-state index contributed by atoms with van der Waals surface area (Å²) in [6.45, 7) is 11.0. The van der Waals surface area contributed by atoms with Crippen LogP contribution in [0, 0.1) is 5.92 Å². The van der Waals surface area contributed by atoms with Crippen LogP contribution < -0.4 is 5.32 Å². The van der Waals surface area contributed by atoms with Gasteiger partial charge in [0.05, 0.1) is 13.2 Å². The largest absolute Gasteiger partial charge is 0.379 e. The van der Waals surface area contributed by atoms with Gasteiger partial charge in [0, 0.05) is 32.1 Å². The number of amides is 1. The summed E-state index contributed by atoms with van der Waals surface area (Å²) < 4.78 is 5.45. The summed E-state index contributed by atoms with van der Waals surface area (Å²) in [5, 5.41) is 3.14. The molecule has 0 spiro atoms. The van der Waals surface area contributed by atoms with Gasteiger partial charge in [0.15, 0.2) is 0 Å². The number of morpholine rings is 1. The number of unbranched alkanes of at least 4 members (excludes halogenated alkanes) is 1. The monoisotopic (exact) mass is 284 g/mol. The second kappa shape index (κ2) is 10.2. The lowest BCUT2D eigenvalue weighted by Crippen LogP contribution is -2.52. The second-order valence-corrected chi connectivity index (χ2v) is 5.70. The number of hydrogen-bond donors (Lipinski definition) is 1. The van der Waals surface area contributed by atoms with Crippen molar-refractivity contribution in [1.29, 1.82) is 0 Å². The van der Waals surface area contributed by atoms with Gasteiger partial charge in [-0.3, -0.25) is 9.69 Å². The Morgan fingerprint density at radius 2 is 1.85 bits per heavy atom. The Hall–Kier alpha value is -0.610. The zero-order valence-electron chi connectivity index (χ0n) is 13.5. The van der Waals surface area contributed by atoms with E-state index in [1.807, 2.05) is 0 Å². The maximum Gasteiger partial charge on any atom is 0.220 e. The third kappa shape index (κ3) is 5.80. The van der Waals surface area contributed by atoms with Crippen LogP contribution in [0.25, 0.3) is 0 Å². The molecular weight excluding hydrogens is 252 g/mol. The van der Waals surface area contributed by atoms with Gasteiger partial charge in [-0.25, -0.2) is 0 Å². The first kappa shape index (κ1) is 17.4. The van der Waals surface area contributed by atoms with E-state index in [-0.39, 0.29) is 5.91 Å². The number of ether oxygens (including phenoxy) is 1. The van der Waals surface area contributed by atoms with Crippen molar-refractivity contribution in [3.63, 3.8) is 0 Å². The first-order valence-electron chi connectivity index (χ1n) is 8.31. The molecule has 1 atom stereocenters. The number of nitrogens with zero attached hydrogens (tertiary/aromatic N) is 1. The number of carbonyl (C=O) groups excluding carboxylic acids is 1. The van der Waals surface area contributed by atoms with Gasteiger partial charge in [0.25, 0.3) is 0 Å². The van der Waals surface area contributed by atoms with Crippen LogP contribution in [0.5, 0.6) is 0 Å². The average molecular weight is 284 g/mol. The third-order valence-corrected chi connectivity index (χ3v) is 4.37. The van der Waals surface area contributed by atoms with Crippen LogP contribution in [-0.4, -0.2) is 49.7 Å². The number of hydrogen-bond acceptors (Lipinski definition) is 3. The Morgan fingerprint density at radius 1 is 1.20 bits per heavy atom. The Bertz CT molecular complexity index is 261. The minimum atomic E-state index is 0.205. The number of rotatable bonds is 9. The summed E-state index contributed by atoms with van der Waals surface area (Å²) in [7, 11) is 0. The van der Waals surface area contributed by atoms with Crippen molar-refractivity contribution in [2.24, 2.45) is 5.92 Å². The molecule has 1 rings (SSSR count). The minimum Gasteiger partial charge on any atom is -0.379 e. The van der Waals surface area contributed by atoms with Gasteiger partial charge in [-0.15, -0.1) is 0 Å². The van der Waals surface area contributed by atoms with Crippen LogP contribution >= 0.6 is 0 Å². The van der Waals surface area contributed by atoms with Crippen LogP contribution in [0.4, 0.5) is 0 Å². The fraction of sp³-hybridized carbons (Fsp3) is 0.938. The summed E-state index contributed by atoms with van der Waals surface area (Å²) in [6, 6.07) is 0.458. The minimum absolute atomic E-state index is 0.205. The predicted octanol–water partition coefficient (Wildman–Crippen LogP) is 2.43. The molecule has 1 amide bonds. The van der Waals surface area contributed by atoms with Gasteiger partial charge >= 0.3 is 0 Å². The normalized spacial score (nSPS) is 18.2. The molecule has 0 saturated carbocycles. The van der Waals surface area contributed by atoms with Crippen molar-refractivity contribution >= 4 is 5.91 Å². The van der Waals surface area contributed by atoms with E-state index in [9.17, 15) is 4.79 Å². The molecule has 0 radical (unpaired) electrons. The molecule has 1 aliphatic rings. The standard InChI is InChI=1S/C16H32N2O2/c1-4-7-8-16(19)17-13-15(14(5-2)6-3)18-9-11-20-12-10-18/h14-15H,4-13H2,1-3H3,(H,17,19). The maximum absolute atomic E-state index is 11.8. The molecule has 1 N–H and O–H groups in total. The van der Waals surface area contributed by atoms with Gasteiger partial charge in [-0.2, -0.15) is 0 Å². The molecular formula is C16H32N2O2. The van der Waals surface area contributed by atoms with E-state index in [0.29, 0.717) is 18.4 Å². The van der Waals surface area contributed by atoms with Crippen molar-refractivity contribution in [2.45, 2.75) is 58.9 Å². The Labute approximate surface area is 124 Å². The van der Waals surface area contributed by atoms with E-state index in [0.717, 1.165) is 45.7 Å². The van der Waals surface area contributed by atoms with Crippen LogP contribution in [0.2, 0.25) is 0 Å². The molecule has 1 aliphatic heterocycles. The highest BCUT2D eigenvalue weighted by Gasteiger charge is 2.27. The fourth-order valence-electron chi connectivity index (χ4n) is 2.98.